The zero-order valence-electron chi connectivity index (χ0n) is 4.29. The summed E-state index contributed by atoms with van der Waals surface area (Å²) in [7, 11) is 0. The van der Waals surface area contributed by atoms with Crippen LogP contribution in [0.15, 0.2) is 0 Å². The molecule has 0 spiro atoms. The van der Waals surface area contributed by atoms with Crippen molar-refractivity contribution in [3.63, 3.8) is 0 Å². The topological polar surface area (TPSA) is 96.4 Å². The zero-order valence-corrected chi connectivity index (χ0v) is 4.29. The molecule has 0 fully saturated rings. The van der Waals surface area contributed by atoms with E-state index in [1.807, 2.05) is 0 Å². The Kier molecular flexibility index (Phi) is 2.90. The minimum absolute atomic E-state index is 0.130. The molecule has 0 unspecified atom stereocenters. The Balaban J connectivity index is 3.32. The van der Waals surface area contributed by atoms with Crippen LogP contribution in [-0.4, -0.2) is 29.3 Å². The smallest absolute Gasteiger partial charge is 0.177 e. The number of nitrogens with two attached hydrogens (primary N) is 1. The lowest BCUT2D eigenvalue weighted by Gasteiger charge is -2.26. The SMILES string of the molecule is N=C(N)N([O-])CCO. The van der Waals surface area contributed by atoms with Crippen molar-refractivity contribution in [2.45, 2.75) is 0 Å². The van der Waals surface area contributed by atoms with Gasteiger partial charge >= 0.3 is 0 Å². The van der Waals surface area contributed by atoms with Crippen molar-refractivity contribution in [2.24, 2.45) is 5.73 Å². The van der Waals surface area contributed by atoms with Crippen LogP contribution in [0.4, 0.5) is 0 Å². The molecule has 0 atom stereocenters. The molecule has 5 heteroatoms. The standard InChI is InChI=1S/C3H8N3O2/c4-3(5)6(8)1-2-7/h7H,1-2H2,(H3,4,5)/q-1. The van der Waals surface area contributed by atoms with Gasteiger partial charge in [-0.05, 0) is 0 Å². The largest absolute Gasteiger partial charge is 0.756 e. The van der Waals surface area contributed by atoms with E-state index in [9.17, 15) is 5.21 Å². The Morgan fingerprint density at radius 1 is 1.88 bits per heavy atom. The van der Waals surface area contributed by atoms with Gasteiger partial charge in [-0.15, -0.1) is 0 Å². The van der Waals surface area contributed by atoms with E-state index in [1.165, 1.54) is 0 Å². The van der Waals surface area contributed by atoms with Crippen molar-refractivity contribution in [1.82, 2.24) is 5.06 Å². The van der Waals surface area contributed by atoms with E-state index < -0.39 is 5.96 Å². The highest BCUT2D eigenvalue weighted by atomic mass is 16.5. The van der Waals surface area contributed by atoms with Crippen LogP contribution in [0.2, 0.25) is 0 Å². The lowest BCUT2D eigenvalue weighted by molar-refractivity contribution is 0.270. The molecule has 0 heterocycles. The van der Waals surface area contributed by atoms with Gasteiger partial charge in [0.1, 0.15) is 0 Å². The van der Waals surface area contributed by atoms with E-state index in [4.69, 9.17) is 16.2 Å². The van der Waals surface area contributed by atoms with Gasteiger partial charge in [0.25, 0.3) is 0 Å². The van der Waals surface area contributed by atoms with E-state index in [2.05, 4.69) is 0 Å². The van der Waals surface area contributed by atoms with Crippen LogP contribution in [0.5, 0.6) is 0 Å². The van der Waals surface area contributed by atoms with E-state index in [0.29, 0.717) is 0 Å². The van der Waals surface area contributed by atoms with E-state index in [0.717, 1.165) is 0 Å². The highest BCUT2D eigenvalue weighted by Gasteiger charge is 1.87. The van der Waals surface area contributed by atoms with Gasteiger partial charge in [-0.3, -0.25) is 5.41 Å². The van der Waals surface area contributed by atoms with Gasteiger partial charge in [-0.2, -0.15) is 0 Å². The lowest BCUT2D eigenvalue weighted by atomic mass is 10.7. The Labute approximate surface area is 46.8 Å². The van der Waals surface area contributed by atoms with Crippen LogP contribution in [0.3, 0.4) is 0 Å². The van der Waals surface area contributed by atoms with Crippen LogP contribution in [0.1, 0.15) is 0 Å². The normalized spacial score (nSPS) is 8.75. The summed E-state index contributed by atoms with van der Waals surface area (Å²) in [6.45, 7) is -0.404. The van der Waals surface area contributed by atoms with Gasteiger partial charge in [0.05, 0.1) is 6.61 Å². The van der Waals surface area contributed by atoms with Crippen molar-refractivity contribution in [3.8, 4) is 0 Å². The number of hydroxylamine groups is 2. The Morgan fingerprint density at radius 3 is 2.50 bits per heavy atom. The molecule has 0 rings (SSSR count). The van der Waals surface area contributed by atoms with Gasteiger partial charge in [-0.1, -0.05) is 0 Å². The highest BCUT2D eigenvalue weighted by molar-refractivity contribution is 5.74. The first-order chi connectivity index (χ1) is 3.68. The van der Waals surface area contributed by atoms with E-state index in [1.54, 1.807) is 0 Å². The van der Waals surface area contributed by atoms with E-state index >= 15 is 0 Å². The van der Waals surface area contributed by atoms with Crippen LogP contribution in [-0.2, 0) is 0 Å². The number of guanidine groups is 1. The monoisotopic (exact) mass is 118 g/mol. The number of nitrogens with zero attached hydrogens (tertiary/aromatic N) is 1. The predicted octanol–water partition coefficient (Wildman–Crippen LogP) is -1.33. The highest BCUT2D eigenvalue weighted by Crippen LogP contribution is 1.76. The fourth-order valence-electron chi connectivity index (χ4n) is 0.211. The minimum Gasteiger partial charge on any atom is -0.756 e. The summed E-state index contributed by atoms with van der Waals surface area (Å²) >= 11 is 0. The maximum Gasteiger partial charge on any atom is 0.177 e. The second kappa shape index (κ2) is 3.23. The Bertz CT molecular complexity index is 84.6. The predicted molar refractivity (Wildman–Crippen MR) is 29.1 cm³/mol. The molecule has 48 valence electrons. The van der Waals surface area contributed by atoms with Crippen molar-refractivity contribution in [2.75, 3.05) is 13.2 Å². The molecule has 0 radical (unpaired) electrons. The summed E-state index contributed by atoms with van der Waals surface area (Å²) in [6, 6.07) is 0. The average Bonchev–Trinajstić information content (AvgIpc) is 1.67. The number of nitrogens with one attached hydrogen (secondary N) is 1. The number of aliphatic hydroxyl groups is 1. The number of hydrogen-bond donors (Lipinski definition) is 3. The molecular weight excluding hydrogens is 110 g/mol. The number of hydrogen-bond acceptors (Lipinski definition) is 3. The number of aliphatic hydroxyl groups excluding tert-OH is 1. The molecule has 0 amide bonds. The fourth-order valence-corrected chi connectivity index (χ4v) is 0.211. The van der Waals surface area contributed by atoms with Gasteiger partial charge in [0.15, 0.2) is 5.96 Å². The van der Waals surface area contributed by atoms with Crippen molar-refractivity contribution in [1.29, 1.82) is 5.41 Å². The third-order valence-corrected chi connectivity index (χ3v) is 0.572. The quantitative estimate of drug-likeness (QED) is 0.238. The van der Waals surface area contributed by atoms with Gasteiger partial charge in [-0.25, -0.2) is 0 Å². The van der Waals surface area contributed by atoms with Crippen LogP contribution < -0.4 is 5.73 Å². The molecule has 8 heavy (non-hydrogen) atoms. The summed E-state index contributed by atoms with van der Waals surface area (Å²) in [5.74, 6) is -0.570. The third kappa shape index (κ3) is 2.38. The molecule has 0 aromatic heterocycles. The molecule has 0 aliphatic rings. The number of rotatable bonds is 2. The second-order valence-electron chi connectivity index (χ2n) is 1.21. The summed E-state index contributed by atoms with van der Waals surface area (Å²) in [5.41, 5.74) is 4.71. The maximum absolute atomic E-state index is 10.1. The molecule has 0 aliphatic heterocycles. The summed E-state index contributed by atoms with van der Waals surface area (Å²) in [4.78, 5) is 0. The first kappa shape index (κ1) is 7.19. The molecule has 5 nitrogen and oxygen atoms in total. The second-order valence-corrected chi connectivity index (χ2v) is 1.21. The molecule has 0 aromatic carbocycles. The van der Waals surface area contributed by atoms with Crippen LogP contribution in [0.25, 0.3) is 0 Å². The minimum atomic E-state index is -0.570. The van der Waals surface area contributed by atoms with Crippen molar-refractivity contribution in [3.05, 3.63) is 5.21 Å². The van der Waals surface area contributed by atoms with Crippen molar-refractivity contribution >= 4 is 5.96 Å². The Hall–Kier alpha value is -0.810. The first-order valence-corrected chi connectivity index (χ1v) is 2.08. The van der Waals surface area contributed by atoms with Crippen molar-refractivity contribution < 1.29 is 5.11 Å². The molecule has 0 saturated carbocycles. The molecule has 4 N–H and O–H groups in total. The van der Waals surface area contributed by atoms with Crippen LogP contribution in [0, 0.1) is 10.6 Å². The summed E-state index contributed by atoms with van der Waals surface area (Å²) < 4.78 is 0. The lowest BCUT2D eigenvalue weighted by Crippen LogP contribution is -2.33. The zero-order chi connectivity index (χ0) is 6.57. The summed E-state index contributed by atoms with van der Waals surface area (Å²) in [6.07, 6.45) is 0. The van der Waals surface area contributed by atoms with Gasteiger partial charge in [0.2, 0.25) is 0 Å². The molecule has 0 saturated heterocycles. The fraction of sp³-hybridized carbons (Fsp3) is 0.667. The van der Waals surface area contributed by atoms with Gasteiger partial charge < -0.3 is 21.1 Å². The maximum atomic E-state index is 10.1. The molecule has 0 aromatic rings. The van der Waals surface area contributed by atoms with E-state index in [-0.39, 0.29) is 18.2 Å². The first-order valence-electron chi connectivity index (χ1n) is 2.08. The third-order valence-electron chi connectivity index (χ3n) is 0.572. The molecule has 0 bridgehead atoms. The molecule has 0 aliphatic carbocycles. The Morgan fingerprint density at radius 2 is 2.38 bits per heavy atom. The van der Waals surface area contributed by atoms with Crippen LogP contribution >= 0.6 is 0 Å². The van der Waals surface area contributed by atoms with Gasteiger partial charge in [0, 0.05) is 6.54 Å². The average molecular weight is 118 g/mol. The summed E-state index contributed by atoms with van der Waals surface area (Å²) in [5, 5.41) is 24.9. The molecular formula is C3H8N3O2-.